The minimum absolute atomic E-state index is 0.0668. The first-order valence-electron chi connectivity index (χ1n) is 7.40. The van der Waals surface area contributed by atoms with E-state index in [2.05, 4.69) is 5.32 Å². The van der Waals surface area contributed by atoms with Crippen LogP contribution in [-0.4, -0.2) is 66.7 Å². The molecule has 2 unspecified atom stereocenters. The SMILES string of the molecule is CCS(=O)(=O)CCC(CNCCOC)C1CCS(=O)(=O)C1. The zero-order valence-corrected chi connectivity index (χ0v) is 14.5. The van der Waals surface area contributed by atoms with E-state index in [4.69, 9.17) is 4.74 Å². The van der Waals surface area contributed by atoms with Crippen LogP contribution in [0.1, 0.15) is 19.8 Å². The van der Waals surface area contributed by atoms with Gasteiger partial charge < -0.3 is 10.1 Å². The standard InChI is InChI=1S/C13H27NO5S2/c1-3-20(15,16)8-4-12(10-14-6-7-19-2)13-5-9-21(17,18)11-13/h12-14H,3-11H2,1-2H3. The summed E-state index contributed by atoms with van der Waals surface area (Å²) in [5.41, 5.74) is 0. The van der Waals surface area contributed by atoms with Crippen molar-refractivity contribution in [1.29, 1.82) is 0 Å². The second kappa shape index (κ2) is 8.45. The van der Waals surface area contributed by atoms with Crippen LogP contribution in [0.2, 0.25) is 0 Å². The molecule has 1 N–H and O–H groups in total. The average molecular weight is 341 g/mol. The summed E-state index contributed by atoms with van der Waals surface area (Å²) in [5.74, 6) is 0.844. The van der Waals surface area contributed by atoms with Gasteiger partial charge in [0.2, 0.25) is 0 Å². The Labute approximate surface area is 128 Å². The number of ether oxygens (including phenoxy) is 1. The van der Waals surface area contributed by atoms with Crippen molar-refractivity contribution in [3.8, 4) is 0 Å². The van der Waals surface area contributed by atoms with E-state index in [0.29, 0.717) is 32.5 Å². The number of nitrogens with one attached hydrogen (secondary N) is 1. The molecular weight excluding hydrogens is 314 g/mol. The molecule has 0 bridgehead atoms. The van der Waals surface area contributed by atoms with E-state index >= 15 is 0 Å². The fraction of sp³-hybridized carbons (Fsp3) is 1.00. The van der Waals surface area contributed by atoms with E-state index in [1.54, 1.807) is 14.0 Å². The highest BCUT2D eigenvalue weighted by molar-refractivity contribution is 7.91. The zero-order valence-electron chi connectivity index (χ0n) is 12.9. The molecule has 1 rings (SSSR count). The summed E-state index contributed by atoms with van der Waals surface area (Å²) in [6.45, 7) is 3.56. The summed E-state index contributed by atoms with van der Waals surface area (Å²) in [6.07, 6.45) is 1.17. The molecule has 1 aliphatic rings. The molecule has 0 aromatic rings. The van der Waals surface area contributed by atoms with Crippen LogP contribution < -0.4 is 5.32 Å². The number of hydrogen-bond acceptors (Lipinski definition) is 6. The molecule has 8 heteroatoms. The van der Waals surface area contributed by atoms with Gasteiger partial charge in [-0.15, -0.1) is 0 Å². The molecule has 1 aliphatic heterocycles. The molecule has 1 heterocycles. The molecule has 0 aromatic carbocycles. The predicted molar refractivity (Wildman–Crippen MR) is 83.9 cm³/mol. The van der Waals surface area contributed by atoms with Gasteiger partial charge in [0.25, 0.3) is 0 Å². The first-order chi connectivity index (χ1) is 9.79. The lowest BCUT2D eigenvalue weighted by Gasteiger charge is -2.23. The van der Waals surface area contributed by atoms with Gasteiger partial charge in [-0.3, -0.25) is 0 Å². The van der Waals surface area contributed by atoms with Gasteiger partial charge in [0.15, 0.2) is 9.84 Å². The van der Waals surface area contributed by atoms with Gasteiger partial charge in [-0.25, -0.2) is 16.8 Å². The van der Waals surface area contributed by atoms with Crippen molar-refractivity contribution in [2.75, 3.05) is 49.8 Å². The maximum atomic E-state index is 11.7. The van der Waals surface area contributed by atoms with Crippen LogP contribution in [0.25, 0.3) is 0 Å². The van der Waals surface area contributed by atoms with E-state index in [1.807, 2.05) is 0 Å². The Hall–Kier alpha value is -0.180. The van der Waals surface area contributed by atoms with Crippen LogP contribution in [0, 0.1) is 11.8 Å². The van der Waals surface area contributed by atoms with Gasteiger partial charge in [0.05, 0.1) is 23.9 Å². The van der Waals surface area contributed by atoms with E-state index in [-0.39, 0.29) is 34.8 Å². The summed E-state index contributed by atoms with van der Waals surface area (Å²) in [5, 5.41) is 3.23. The molecular formula is C13H27NO5S2. The number of methoxy groups -OCH3 is 1. The van der Waals surface area contributed by atoms with Crippen molar-refractivity contribution in [3.63, 3.8) is 0 Å². The second-order valence-corrected chi connectivity index (χ2v) is 10.3. The Morgan fingerprint density at radius 1 is 1.38 bits per heavy atom. The minimum atomic E-state index is -3.01. The Morgan fingerprint density at radius 3 is 2.62 bits per heavy atom. The summed E-state index contributed by atoms with van der Waals surface area (Å²) >= 11 is 0. The Morgan fingerprint density at radius 2 is 2.10 bits per heavy atom. The van der Waals surface area contributed by atoms with E-state index in [1.165, 1.54) is 0 Å². The Balaban J connectivity index is 2.57. The van der Waals surface area contributed by atoms with Gasteiger partial charge >= 0.3 is 0 Å². The summed E-state index contributed by atoms with van der Waals surface area (Å²) in [4.78, 5) is 0. The van der Waals surface area contributed by atoms with Crippen LogP contribution in [-0.2, 0) is 24.4 Å². The van der Waals surface area contributed by atoms with Crippen LogP contribution >= 0.6 is 0 Å². The lowest BCUT2D eigenvalue weighted by atomic mass is 9.89. The molecule has 0 aliphatic carbocycles. The molecule has 2 atom stereocenters. The highest BCUT2D eigenvalue weighted by atomic mass is 32.2. The lowest BCUT2D eigenvalue weighted by Crippen LogP contribution is -2.32. The predicted octanol–water partition coefficient (Wildman–Crippen LogP) is 0.0981. The second-order valence-electron chi connectivity index (χ2n) is 5.65. The van der Waals surface area contributed by atoms with Crippen molar-refractivity contribution in [2.24, 2.45) is 11.8 Å². The van der Waals surface area contributed by atoms with Gasteiger partial charge in [-0.2, -0.15) is 0 Å². The first kappa shape index (κ1) is 18.9. The highest BCUT2D eigenvalue weighted by Gasteiger charge is 2.33. The molecule has 1 saturated heterocycles. The van der Waals surface area contributed by atoms with Crippen molar-refractivity contribution >= 4 is 19.7 Å². The molecule has 0 aromatic heterocycles. The van der Waals surface area contributed by atoms with Crippen molar-refractivity contribution in [3.05, 3.63) is 0 Å². The largest absolute Gasteiger partial charge is 0.383 e. The number of sulfone groups is 2. The van der Waals surface area contributed by atoms with Crippen molar-refractivity contribution in [2.45, 2.75) is 19.8 Å². The lowest BCUT2D eigenvalue weighted by molar-refractivity contribution is 0.195. The van der Waals surface area contributed by atoms with E-state index in [9.17, 15) is 16.8 Å². The summed E-state index contributed by atoms with van der Waals surface area (Å²) < 4.78 is 51.5. The van der Waals surface area contributed by atoms with E-state index in [0.717, 1.165) is 0 Å². The molecule has 6 nitrogen and oxygen atoms in total. The zero-order chi connectivity index (χ0) is 15.9. The quantitative estimate of drug-likeness (QED) is 0.567. The molecule has 126 valence electrons. The number of rotatable bonds is 10. The Bertz CT molecular complexity index is 501. The molecule has 1 fully saturated rings. The third kappa shape index (κ3) is 7.08. The van der Waals surface area contributed by atoms with Gasteiger partial charge in [-0.1, -0.05) is 6.92 Å². The molecule has 0 spiro atoms. The monoisotopic (exact) mass is 341 g/mol. The van der Waals surface area contributed by atoms with Gasteiger partial charge in [-0.05, 0) is 31.2 Å². The summed E-state index contributed by atoms with van der Waals surface area (Å²) in [7, 11) is -4.33. The maximum Gasteiger partial charge on any atom is 0.150 e. The van der Waals surface area contributed by atoms with Crippen LogP contribution in [0.15, 0.2) is 0 Å². The molecule has 0 saturated carbocycles. The maximum absolute atomic E-state index is 11.7. The topological polar surface area (TPSA) is 89.5 Å². The van der Waals surface area contributed by atoms with Crippen LogP contribution in [0.3, 0.4) is 0 Å². The van der Waals surface area contributed by atoms with Crippen molar-refractivity contribution in [1.82, 2.24) is 5.32 Å². The fourth-order valence-corrected chi connectivity index (χ4v) is 5.51. The van der Waals surface area contributed by atoms with Crippen LogP contribution in [0.5, 0.6) is 0 Å². The third-order valence-electron chi connectivity index (χ3n) is 4.06. The molecule has 21 heavy (non-hydrogen) atoms. The van der Waals surface area contributed by atoms with Crippen LogP contribution in [0.4, 0.5) is 0 Å². The Kier molecular flexibility index (Phi) is 7.59. The van der Waals surface area contributed by atoms with E-state index < -0.39 is 19.7 Å². The van der Waals surface area contributed by atoms with Gasteiger partial charge in [0, 0.05) is 19.4 Å². The molecule has 0 radical (unpaired) electrons. The normalized spacial score (nSPS) is 23.2. The van der Waals surface area contributed by atoms with Crippen molar-refractivity contribution < 1.29 is 21.6 Å². The molecule has 0 amide bonds. The number of hydrogen-bond donors (Lipinski definition) is 1. The smallest absolute Gasteiger partial charge is 0.150 e. The average Bonchev–Trinajstić information content (AvgIpc) is 2.78. The van der Waals surface area contributed by atoms with Gasteiger partial charge in [0.1, 0.15) is 9.84 Å². The first-order valence-corrected chi connectivity index (χ1v) is 11.0. The third-order valence-corrected chi connectivity index (χ3v) is 7.59. The minimum Gasteiger partial charge on any atom is -0.383 e. The fourth-order valence-electron chi connectivity index (χ4n) is 2.64. The highest BCUT2D eigenvalue weighted by Crippen LogP contribution is 2.28. The summed E-state index contributed by atoms with van der Waals surface area (Å²) in [6, 6.07) is 0.